The van der Waals surface area contributed by atoms with E-state index in [2.05, 4.69) is 15.6 Å². The number of nitrogens with zero attached hydrogens (tertiary/aromatic N) is 1. The smallest absolute Gasteiger partial charge is 0.433 e. The third-order valence-electron chi connectivity index (χ3n) is 6.41. The normalized spacial score (nSPS) is 14.7. The summed E-state index contributed by atoms with van der Waals surface area (Å²) in [5.41, 5.74) is 0.440. The van der Waals surface area contributed by atoms with E-state index in [9.17, 15) is 22.8 Å². The Labute approximate surface area is 249 Å². The number of anilines is 1. The van der Waals surface area contributed by atoms with E-state index in [1.807, 2.05) is 0 Å². The van der Waals surface area contributed by atoms with Gasteiger partial charge in [-0.2, -0.15) is 13.2 Å². The van der Waals surface area contributed by atoms with Crippen LogP contribution < -0.4 is 20.1 Å². The number of carbonyl (C=O) groups is 2. The van der Waals surface area contributed by atoms with Crippen LogP contribution in [0, 0.1) is 0 Å². The topological polar surface area (TPSA) is 89.6 Å². The average Bonchev–Trinajstić information content (AvgIpc) is 3.62. The Kier molecular flexibility index (Phi) is 7.29. The van der Waals surface area contributed by atoms with Gasteiger partial charge in [0.25, 0.3) is 5.91 Å². The molecule has 13 heteroatoms. The summed E-state index contributed by atoms with van der Waals surface area (Å²) in [7, 11) is 0. The predicted octanol–water partition coefficient (Wildman–Crippen LogP) is 8.17. The van der Waals surface area contributed by atoms with Gasteiger partial charge in [-0.05, 0) is 54.3 Å². The summed E-state index contributed by atoms with van der Waals surface area (Å²) < 4.78 is 52.4. The van der Waals surface area contributed by atoms with Gasteiger partial charge in [0.2, 0.25) is 0 Å². The number of thiophene rings is 2. The number of benzene rings is 2. The molecule has 0 unspecified atom stereocenters. The molecule has 0 saturated carbocycles. The highest BCUT2D eigenvalue weighted by Gasteiger charge is 2.37. The maximum Gasteiger partial charge on any atom is 0.433 e. The SMILES string of the molecule is CCOc1cc([C@@H]2NC(=O)c3sc4nc(C(F)(F)F)cc(-c5cccs5)c4c3N2)ccc1OC(=O)c1ccccc1Cl. The fourth-order valence-electron chi connectivity index (χ4n) is 4.55. The number of hydrogen-bond donors (Lipinski definition) is 2. The second kappa shape index (κ2) is 10.9. The van der Waals surface area contributed by atoms with Crippen LogP contribution in [0.2, 0.25) is 5.02 Å². The first-order chi connectivity index (χ1) is 20.1. The third-order valence-corrected chi connectivity index (χ3v) is 8.72. The molecule has 42 heavy (non-hydrogen) atoms. The van der Waals surface area contributed by atoms with E-state index in [0.29, 0.717) is 27.1 Å². The molecule has 0 saturated heterocycles. The number of aromatic nitrogens is 1. The number of ether oxygens (including phenoxy) is 2. The number of fused-ring (bicyclic) bond motifs is 3. The molecule has 2 N–H and O–H groups in total. The van der Waals surface area contributed by atoms with Crippen LogP contribution in [0.25, 0.3) is 20.7 Å². The van der Waals surface area contributed by atoms with Gasteiger partial charge in [0, 0.05) is 15.8 Å². The van der Waals surface area contributed by atoms with Crippen molar-refractivity contribution in [1.82, 2.24) is 10.3 Å². The zero-order valence-electron chi connectivity index (χ0n) is 21.5. The van der Waals surface area contributed by atoms with E-state index >= 15 is 0 Å². The van der Waals surface area contributed by atoms with Crippen molar-refractivity contribution in [2.24, 2.45) is 0 Å². The van der Waals surface area contributed by atoms with E-state index in [4.69, 9.17) is 21.1 Å². The van der Waals surface area contributed by atoms with Gasteiger partial charge in [0.15, 0.2) is 11.5 Å². The zero-order valence-corrected chi connectivity index (χ0v) is 23.9. The zero-order chi connectivity index (χ0) is 29.6. The minimum atomic E-state index is -4.66. The average molecular weight is 630 g/mol. The number of pyridine rings is 1. The fourth-order valence-corrected chi connectivity index (χ4v) is 6.58. The van der Waals surface area contributed by atoms with Gasteiger partial charge in [-0.15, -0.1) is 22.7 Å². The van der Waals surface area contributed by atoms with E-state index in [0.717, 1.165) is 17.4 Å². The molecule has 3 aromatic heterocycles. The van der Waals surface area contributed by atoms with E-state index in [-0.39, 0.29) is 38.4 Å². The largest absolute Gasteiger partial charge is 0.490 e. The van der Waals surface area contributed by atoms with Gasteiger partial charge in [0.1, 0.15) is 21.6 Å². The van der Waals surface area contributed by atoms with Crippen molar-refractivity contribution in [2.45, 2.75) is 19.3 Å². The first-order valence-electron chi connectivity index (χ1n) is 12.5. The number of halogens is 4. The van der Waals surface area contributed by atoms with Gasteiger partial charge in [-0.25, -0.2) is 9.78 Å². The molecule has 1 atom stereocenters. The highest BCUT2D eigenvalue weighted by atomic mass is 35.5. The van der Waals surface area contributed by atoms with Crippen LogP contribution in [0.3, 0.4) is 0 Å². The molecule has 0 bridgehead atoms. The number of alkyl halides is 3. The highest BCUT2D eigenvalue weighted by molar-refractivity contribution is 7.21. The number of esters is 1. The molecule has 1 aliphatic rings. The Morgan fingerprint density at radius 3 is 2.60 bits per heavy atom. The van der Waals surface area contributed by atoms with Crippen molar-refractivity contribution in [2.75, 3.05) is 11.9 Å². The third kappa shape index (κ3) is 5.17. The van der Waals surface area contributed by atoms with E-state index < -0.39 is 29.9 Å². The standard InChI is InChI=1S/C29H19ClF3N3O4S2/c1-2-39-19-12-14(9-10-18(19)40-28(38)15-6-3-4-7-17(15)30)25-35-23-22-16(20-8-5-11-41-20)13-21(29(31,32)33)34-27(22)42-24(23)26(37)36-25/h3-13,25,35H,2H2,1H3,(H,36,37)/t25-/m0/s1. The summed E-state index contributed by atoms with van der Waals surface area (Å²) in [5, 5.41) is 8.56. The Hall–Kier alpha value is -4.13. The summed E-state index contributed by atoms with van der Waals surface area (Å²) in [6.45, 7) is 2.03. The van der Waals surface area contributed by atoms with Crippen molar-refractivity contribution in [3.05, 3.63) is 92.8 Å². The summed E-state index contributed by atoms with van der Waals surface area (Å²) >= 11 is 8.32. The monoisotopic (exact) mass is 629 g/mol. The minimum Gasteiger partial charge on any atom is -0.490 e. The van der Waals surface area contributed by atoms with E-state index in [1.165, 1.54) is 11.3 Å². The Bertz CT molecular complexity index is 1840. The van der Waals surface area contributed by atoms with Crippen LogP contribution in [-0.4, -0.2) is 23.5 Å². The van der Waals surface area contributed by atoms with Crippen molar-refractivity contribution < 1.29 is 32.2 Å². The van der Waals surface area contributed by atoms with E-state index in [1.54, 1.807) is 66.9 Å². The van der Waals surface area contributed by atoms with Gasteiger partial charge < -0.3 is 20.1 Å². The number of amides is 1. The first kappa shape index (κ1) is 28.0. The lowest BCUT2D eigenvalue weighted by atomic mass is 10.0. The molecule has 0 radical (unpaired) electrons. The summed E-state index contributed by atoms with van der Waals surface area (Å²) in [6.07, 6.45) is -5.43. The van der Waals surface area contributed by atoms with Crippen molar-refractivity contribution >= 4 is 62.1 Å². The first-order valence-corrected chi connectivity index (χ1v) is 14.6. The quantitative estimate of drug-likeness (QED) is 0.145. The molecule has 0 aliphatic carbocycles. The lowest BCUT2D eigenvalue weighted by Crippen LogP contribution is -2.37. The number of hydrogen-bond acceptors (Lipinski definition) is 8. The Morgan fingerprint density at radius 1 is 1.07 bits per heavy atom. The molecule has 2 aromatic carbocycles. The molecule has 1 aliphatic heterocycles. The van der Waals surface area contributed by atoms with Crippen molar-refractivity contribution in [1.29, 1.82) is 0 Å². The van der Waals surface area contributed by atoms with Crippen LogP contribution in [-0.2, 0) is 6.18 Å². The summed E-state index contributed by atoms with van der Waals surface area (Å²) in [6, 6.07) is 15.8. The molecule has 6 rings (SSSR count). The molecule has 7 nitrogen and oxygen atoms in total. The molecule has 1 amide bonds. The van der Waals surface area contributed by atoms with Crippen LogP contribution in [0.5, 0.6) is 11.5 Å². The number of rotatable bonds is 6. The van der Waals surface area contributed by atoms with Crippen LogP contribution >= 0.6 is 34.3 Å². The maximum absolute atomic E-state index is 13.7. The van der Waals surface area contributed by atoms with Crippen molar-refractivity contribution in [3.63, 3.8) is 0 Å². The predicted molar refractivity (Wildman–Crippen MR) is 156 cm³/mol. The van der Waals surface area contributed by atoms with Gasteiger partial charge in [0.05, 0.1) is 22.9 Å². The van der Waals surface area contributed by atoms with Crippen LogP contribution in [0.1, 0.15) is 44.4 Å². The van der Waals surface area contributed by atoms with Crippen molar-refractivity contribution in [3.8, 4) is 21.9 Å². The minimum absolute atomic E-state index is 0.0957. The van der Waals surface area contributed by atoms with Crippen LogP contribution in [0.15, 0.2) is 66.0 Å². The molecule has 4 heterocycles. The Balaban J connectivity index is 1.38. The number of nitrogens with one attached hydrogen (secondary N) is 2. The second-order valence-corrected chi connectivity index (χ2v) is 11.4. The van der Waals surface area contributed by atoms with Gasteiger partial charge in [-0.3, -0.25) is 4.79 Å². The fraction of sp³-hybridized carbons (Fsp3) is 0.138. The molecule has 214 valence electrons. The van der Waals surface area contributed by atoms with Gasteiger partial charge >= 0.3 is 12.1 Å². The molecular weight excluding hydrogens is 611 g/mol. The second-order valence-electron chi connectivity index (χ2n) is 9.08. The maximum atomic E-state index is 13.7. The van der Waals surface area contributed by atoms with Crippen LogP contribution in [0.4, 0.5) is 18.9 Å². The number of carbonyl (C=O) groups excluding carboxylic acids is 2. The molecular formula is C29H19ClF3N3O4S2. The molecule has 5 aromatic rings. The lowest BCUT2D eigenvalue weighted by Gasteiger charge is -2.27. The van der Waals surface area contributed by atoms with Gasteiger partial charge in [-0.1, -0.05) is 35.9 Å². The highest BCUT2D eigenvalue weighted by Crippen LogP contribution is 2.47. The summed E-state index contributed by atoms with van der Waals surface area (Å²) in [4.78, 5) is 30.8. The molecule has 0 fully saturated rings. The lowest BCUT2D eigenvalue weighted by molar-refractivity contribution is -0.140. The Morgan fingerprint density at radius 2 is 1.88 bits per heavy atom. The molecule has 0 spiro atoms. The summed E-state index contributed by atoms with van der Waals surface area (Å²) in [5.74, 6) is -0.726.